The fraction of sp³-hybridized carbons (Fsp3) is 0.667. The van der Waals surface area contributed by atoms with Crippen LogP contribution in [0.4, 0.5) is 10.5 Å². The minimum atomic E-state index is -0.639. The van der Waals surface area contributed by atoms with Crippen LogP contribution >= 0.6 is 23.2 Å². The fourth-order valence-corrected chi connectivity index (χ4v) is 3.55. The van der Waals surface area contributed by atoms with Crippen LogP contribution in [0.25, 0.3) is 0 Å². The molecule has 1 amide bonds. The van der Waals surface area contributed by atoms with Gasteiger partial charge in [0.05, 0.1) is 6.42 Å². The molecule has 0 bridgehead atoms. The number of nitrogens with one attached hydrogen (secondary N) is 1. The Hall–Kier alpha value is -1.66. The van der Waals surface area contributed by atoms with Gasteiger partial charge in [-0.3, -0.25) is 4.79 Å². The maximum absolute atomic E-state index is 12.5. The summed E-state index contributed by atoms with van der Waals surface area (Å²) >= 11 is 11.9. The lowest BCUT2D eigenvalue weighted by molar-refractivity contribution is -0.155. The lowest BCUT2D eigenvalue weighted by Gasteiger charge is -2.27. The highest BCUT2D eigenvalue weighted by molar-refractivity contribution is 6.18. The van der Waals surface area contributed by atoms with Crippen molar-refractivity contribution in [3.8, 4) is 0 Å². The third kappa shape index (κ3) is 11.3. The minimum Gasteiger partial charge on any atom is -0.460 e. The summed E-state index contributed by atoms with van der Waals surface area (Å²) in [5.74, 6) is 0.599. The van der Waals surface area contributed by atoms with Gasteiger partial charge in [0.15, 0.2) is 0 Å². The van der Waals surface area contributed by atoms with E-state index in [0.29, 0.717) is 31.3 Å². The average Bonchev–Trinajstić information content (AvgIpc) is 2.60. The van der Waals surface area contributed by atoms with Gasteiger partial charge < -0.3 is 19.7 Å². The zero-order valence-corrected chi connectivity index (χ0v) is 21.9. The number of anilines is 1. The Morgan fingerprint density at radius 1 is 1.00 bits per heavy atom. The molecule has 1 aromatic carbocycles. The van der Waals surface area contributed by atoms with E-state index in [4.69, 9.17) is 32.7 Å². The predicted molar refractivity (Wildman–Crippen MR) is 132 cm³/mol. The average molecular weight is 489 g/mol. The Balaban J connectivity index is 3.12. The molecule has 0 radical (unpaired) electrons. The van der Waals surface area contributed by atoms with Crippen LogP contribution in [0.2, 0.25) is 0 Å². The highest BCUT2D eigenvalue weighted by atomic mass is 35.5. The number of alkyl halides is 2. The number of alkyl carbamates (subject to hydrolysis) is 1. The van der Waals surface area contributed by atoms with Crippen LogP contribution in [0.5, 0.6) is 0 Å². The largest absolute Gasteiger partial charge is 0.460 e. The molecule has 0 aliphatic carbocycles. The molecular weight excluding hydrogens is 451 g/mol. The van der Waals surface area contributed by atoms with Crippen LogP contribution in [0.3, 0.4) is 0 Å². The van der Waals surface area contributed by atoms with Crippen LogP contribution in [0.15, 0.2) is 18.2 Å². The van der Waals surface area contributed by atoms with Crippen LogP contribution in [-0.4, -0.2) is 54.2 Å². The summed E-state index contributed by atoms with van der Waals surface area (Å²) in [7, 11) is 0. The molecule has 1 aromatic rings. The van der Waals surface area contributed by atoms with Gasteiger partial charge in [0, 0.05) is 36.6 Å². The first kappa shape index (κ1) is 28.4. The molecule has 182 valence electrons. The van der Waals surface area contributed by atoms with E-state index >= 15 is 0 Å². The van der Waals surface area contributed by atoms with Gasteiger partial charge in [0.1, 0.15) is 11.2 Å². The summed E-state index contributed by atoms with van der Waals surface area (Å²) < 4.78 is 10.9. The van der Waals surface area contributed by atoms with E-state index in [9.17, 15) is 9.59 Å². The van der Waals surface area contributed by atoms with E-state index in [0.717, 1.165) is 16.8 Å². The second-order valence-electron chi connectivity index (χ2n) is 9.81. The molecule has 0 spiro atoms. The van der Waals surface area contributed by atoms with Crippen LogP contribution in [0, 0.1) is 6.92 Å². The van der Waals surface area contributed by atoms with Crippen molar-refractivity contribution in [1.82, 2.24) is 5.32 Å². The predicted octanol–water partition coefficient (Wildman–Crippen LogP) is 5.45. The number of amides is 1. The number of hydrogen-bond acceptors (Lipinski definition) is 5. The quantitative estimate of drug-likeness (QED) is 0.350. The van der Waals surface area contributed by atoms with Crippen molar-refractivity contribution in [2.45, 2.75) is 78.6 Å². The summed E-state index contributed by atoms with van der Waals surface area (Å²) in [5, 5.41) is 2.85. The van der Waals surface area contributed by atoms with Gasteiger partial charge in [-0.15, -0.1) is 23.2 Å². The Labute approximate surface area is 202 Å². The molecule has 0 aliphatic heterocycles. The number of hydrogen-bond donors (Lipinski definition) is 1. The molecule has 6 nitrogen and oxygen atoms in total. The SMILES string of the molecule is Cc1ccc(N(CCCl)CCCl)cc1C[C@@H](CC(=O)OC(C)(C)C)NC(=O)OC(C)(C)C. The number of aryl methyl sites for hydroxylation is 1. The van der Waals surface area contributed by atoms with Crippen LogP contribution < -0.4 is 10.2 Å². The summed E-state index contributed by atoms with van der Waals surface area (Å²) in [6.45, 7) is 14.2. The zero-order valence-electron chi connectivity index (χ0n) is 20.4. The van der Waals surface area contributed by atoms with Crippen molar-refractivity contribution in [1.29, 1.82) is 0 Å². The highest BCUT2D eigenvalue weighted by Crippen LogP contribution is 2.22. The Kier molecular flexibility index (Phi) is 11.1. The van der Waals surface area contributed by atoms with Crippen LogP contribution in [-0.2, 0) is 20.7 Å². The monoisotopic (exact) mass is 488 g/mol. The Morgan fingerprint density at radius 3 is 2.06 bits per heavy atom. The molecular formula is C24H38Cl2N2O4. The summed E-state index contributed by atoms with van der Waals surface area (Å²) in [4.78, 5) is 27.1. The van der Waals surface area contributed by atoms with Gasteiger partial charge in [-0.25, -0.2) is 4.79 Å². The first-order valence-corrected chi connectivity index (χ1v) is 12.0. The molecule has 0 heterocycles. The smallest absolute Gasteiger partial charge is 0.407 e. The topological polar surface area (TPSA) is 67.9 Å². The highest BCUT2D eigenvalue weighted by Gasteiger charge is 2.25. The standard InChI is InChI=1S/C24H38Cl2N2O4/c1-17-8-9-20(28(12-10-25)13-11-26)15-18(17)14-19(16-21(29)31-23(2,3)4)27-22(30)32-24(5,6)7/h8-9,15,19H,10-14,16H2,1-7H3,(H,27,30)/t19-/m0/s1. The van der Waals surface area contributed by atoms with E-state index in [2.05, 4.69) is 16.3 Å². The maximum atomic E-state index is 12.5. The van der Waals surface area contributed by atoms with Crippen molar-refractivity contribution in [3.05, 3.63) is 29.3 Å². The number of esters is 1. The van der Waals surface area contributed by atoms with Gasteiger partial charge in [0.25, 0.3) is 0 Å². The molecule has 0 saturated carbocycles. The van der Waals surface area contributed by atoms with Crippen molar-refractivity contribution >= 4 is 41.0 Å². The summed E-state index contributed by atoms with van der Waals surface area (Å²) in [6.07, 6.45) is -0.0770. The van der Waals surface area contributed by atoms with Gasteiger partial charge in [-0.2, -0.15) is 0 Å². The number of rotatable bonds is 10. The van der Waals surface area contributed by atoms with E-state index in [1.807, 2.05) is 39.8 Å². The van der Waals surface area contributed by atoms with E-state index in [-0.39, 0.29) is 12.4 Å². The number of ether oxygens (including phenoxy) is 2. The van der Waals surface area contributed by atoms with Gasteiger partial charge in [-0.05, 0) is 78.1 Å². The number of carbonyl (C=O) groups excluding carboxylic acids is 2. The molecule has 1 N–H and O–H groups in total. The van der Waals surface area contributed by atoms with Crippen molar-refractivity contribution in [3.63, 3.8) is 0 Å². The van der Waals surface area contributed by atoms with Crippen LogP contribution in [0.1, 0.15) is 59.1 Å². The Bertz CT molecular complexity index is 721. The first-order valence-electron chi connectivity index (χ1n) is 10.9. The number of benzene rings is 1. The van der Waals surface area contributed by atoms with E-state index in [1.54, 1.807) is 20.8 Å². The number of carbonyl (C=O) groups is 2. The second-order valence-corrected chi connectivity index (χ2v) is 10.6. The molecule has 1 atom stereocenters. The van der Waals surface area contributed by atoms with E-state index in [1.165, 1.54) is 0 Å². The number of halogens is 2. The van der Waals surface area contributed by atoms with Crippen molar-refractivity contribution < 1.29 is 19.1 Å². The van der Waals surface area contributed by atoms with Crippen molar-refractivity contribution in [2.24, 2.45) is 0 Å². The Morgan fingerprint density at radius 2 is 1.56 bits per heavy atom. The maximum Gasteiger partial charge on any atom is 0.407 e. The lowest BCUT2D eigenvalue weighted by atomic mass is 9.98. The molecule has 8 heteroatoms. The lowest BCUT2D eigenvalue weighted by Crippen LogP contribution is -2.42. The fourth-order valence-electron chi connectivity index (χ4n) is 3.15. The van der Waals surface area contributed by atoms with Crippen molar-refractivity contribution in [2.75, 3.05) is 29.7 Å². The molecule has 0 aliphatic rings. The molecule has 0 unspecified atom stereocenters. The molecule has 32 heavy (non-hydrogen) atoms. The normalized spacial score (nSPS) is 12.8. The molecule has 0 fully saturated rings. The molecule has 0 saturated heterocycles. The second kappa shape index (κ2) is 12.5. The summed E-state index contributed by atoms with van der Waals surface area (Å²) in [6, 6.07) is 5.64. The minimum absolute atomic E-state index is 0.0350. The third-order valence-corrected chi connectivity index (χ3v) is 4.77. The zero-order chi connectivity index (χ0) is 24.5. The van der Waals surface area contributed by atoms with Gasteiger partial charge in [-0.1, -0.05) is 6.07 Å². The van der Waals surface area contributed by atoms with Gasteiger partial charge >= 0.3 is 12.1 Å². The summed E-state index contributed by atoms with van der Waals surface area (Å²) in [5.41, 5.74) is 1.83. The van der Waals surface area contributed by atoms with E-state index < -0.39 is 23.3 Å². The molecule has 1 rings (SSSR count). The molecule has 0 aromatic heterocycles. The number of nitrogens with zero attached hydrogens (tertiary/aromatic N) is 1. The third-order valence-electron chi connectivity index (χ3n) is 4.43. The van der Waals surface area contributed by atoms with Gasteiger partial charge in [0.2, 0.25) is 0 Å². The first-order chi connectivity index (χ1) is 14.7.